The van der Waals surface area contributed by atoms with Crippen molar-refractivity contribution in [3.63, 3.8) is 0 Å². The van der Waals surface area contributed by atoms with Gasteiger partial charge in [-0.05, 0) is 6.26 Å². The molecule has 0 heterocycles. The van der Waals surface area contributed by atoms with E-state index in [0.29, 0.717) is 0 Å². The Bertz CT molecular complexity index is 26.7. The normalized spacial score (nSPS) is 6.17. The van der Waals surface area contributed by atoms with Gasteiger partial charge in [-0.15, -0.1) is 6.58 Å². The van der Waals surface area contributed by atoms with Crippen molar-refractivity contribution in [2.75, 3.05) is 12.0 Å². The largest absolute Gasteiger partial charge is 0.197 e. The second-order valence-electron chi connectivity index (χ2n) is 0.744. The van der Waals surface area contributed by atoms with Crippen LogP contribution in [0.25, 0.3) is 0 Å². The molecule has 0 fully saturated rings. The molecule has 6 heavy (non-hydrogen) atoms. The molecule has 0 aromatic rings. The Hall–Kier alpha value is 0.440. The maximum atomic E-state index is 3.53. The highest BCUT2D eigenvalue weighted by Gasteiger charge is 1.60. The highest BCUT2D eigenvalue weighted by molar-refractivity contribution is 7.98. The first kappa shape index (κ1) is 9.67. The van der Waals surface area contributed by atoms with Crippen LogP contribution in [-0.4, -0.2) is 12.0 Å². The monoisotopic (exact) mass is 122 g/mol. The molecule has 0 unspecified atom stereocenters. The predicted octanol–water partition coefficient (Wildman–Crippen LogP) is 1.65. The lowest BCUT2D eigenvalue weighted by molar-refractivity contribution is 1.82. The quantitative estimate of drug-likeness (QED) is 0.502. The van der Waals surface area contributed by atoms with Crippen LogP contribution in [0.3, 0.4) is 0 Å². The maximum absolute atomic E-state index is 3.53. The van der Waals surface area contributed by atoms with Gasteiger partial charge in [0.15, 0.2) is 0 Å². The average Bonchev–Trinajstić information content (AvgIpc) is 1.41. The second-order valence-corrected chi connectivity index (χ2v) is 1.65. The van der Waals surface area contributed by atoms with Gasteiger partial charge in [0.05, 0.1) is 0 Å². The van der Waals surface area contributed by atoms with Crippen molar-refractivity contribution < 1.29 is 0 Å². The molecule has 0 aliphatic carbocycles. The van der Waals surface area contributed by atoms with Crippen LogP contribution >= 0.6 is 25.3 Å². The van der Waals surface area contributed by atoms with Crippen molar-refractivity contribution in [1.29, 1.82) is 0 Å². The van der Waals surface area contributed by atoms with E-state index in [1.807, 2.05) is 6.08 Å². The van der Waals surface area contributed by atoms with Gasteiger partial charge in [0.25, 0.3) is 0 Å². The van der Waals surface area contributed by atoms with Crippen LogP contribution in [0, 0.1) is 0 Å². The third kappa shape index (κ3) is 8.83. The van der Waals surface area contributed by atoms with Crippen LogP contribution < -0.4 is 0 Å². The van der Waals surface area contributed by atoms with Crippen molar-refractivity contribution in [2.45, 2.75) is 0 Å². The van der Waals surface area contributed by atoms with E-state index in [1.54, 1.807) is 11.8 Å². The minimum absolute atomic E-state index is 0. The first-order valence-electron chi connectivity index (χ1n) is 1.51. The minimum atomic E-state index is 0. The molecule has 0 aromatic carbocycles. The first-order chi connectivity index (χ1) is 2.41. The molecule has 0 rings (SSSR count). The van der Waals surface area contributed by atoms with E-state index in [-0.39, 0.29) is 13.5 Å². The van der Waals surface area contributed by atoms with Crippen LogP contribution in [0.4, 0.5) is 0 Å². The number of hydrogen-bond acceptors (Lipinski definition) is 1. The fourth-order valence-electron chi connectivity index (χ4n) is 0.118. The Kier molecular flexibility index (Phi) is 14.6. The second kappa shape index (κ2) is 9.06. The molecular formula is C4H10S2. The van der Waals surface area contributed by atoms with Gasteiger partial charge in [-0.3, -0.25) is 0 Å². The molecule has 0 aliphatic rings. The molecule has 38 valence electrons. The van der Waals surface area contributed by atoms with E-state index in [9.17, 15) is 0 Å². The summed E-state index contributed by atoms with van der Waals surface area (Å²) < 4.78 is 0. The van der Waals surface area contributed by atoms with Gasteiger partial charge in [-0.2, -0.15) is 25.3 Å². The van der Waals surface area contributed by atoms with Gasteiger partial charge < -0.3 is 0 Å². The average molecular weight is 122 g/mol. The molecule has 0 aliphatic heterocycles. The van der Waals surface area contributed by atoms with E-state index in [4.69, 9.17) is 0 Å². The summed E-state index contributed by atoms with van der Waals surface area (Å²) in [6, 6.07) is 0. The molecule has 0 saturated carbocycles. The van der Waals surface area contributed by atoms with E-state index in [2.05, 4.69) is 12.8 Å². The molecule has 0 aromatic heterocycles. The van der Waals surface area contributed by atoms with Crippen molar-refractivity contribution in [1.82, 2.24) is 0 Å². The van der Waals surface area contributed by atoms with Crippen molar-refractivity contribution in [2.24, 2.45) is 0 Å². The molecule has 0 N–H and O–H groups in total. The lowest BCUT2D eigenvalue weighted by Gasteiger charge is -1.74. The lowest BCUT2D eigenvalue weighted by atomic mass is 10.8. The zero-order valence-electron chi connectivity index (χ0n) is 3.90. The van der Waals surface area contributed by atoms with E-state index < -0.39 is 0 Å². The zero-order valence-corrected chi connectivity index (χ0v) is 5.72. The summed E-state index contributed by atoms with van der Waals surface area (Å²) in [5.41, 5.74) is 0. The summed E-state index contributed by atoms with van der Waals surface area (Å²) in [5, 5.41) is 0. The summed E-state index contributed by atoms with van der Waals surface area (Å²) in [7, 11) is 0. The van der Waals surface area contributed by atoms with E-state index in [1.165, 1.54) is 0 Å². The van der Waals surface area contributed by atoms with E-state index >= 15 is 0 Å². The Labute approximate surface area is 50.5 Å². The summed E-state index contributed by atoms with van der Waals surface area (Å²) >= 11 is 1.78. The standard InChI is InChI=1S/C4H8S.H2S/c1-3-4-5-2;/h3H,1,4H2,2H3;1H2. The van der Waals surface area contributed by atoms with Crippen LogP contribution in [0.15, 0.2) is 12.7 Å². The third-order valence-electron chi connectivity index (χ3n) is 0.285. The van der Waals surface area contributed by atoms with Crippen LogP contribution in [0.1, 0.15) is 0 Å². The molecule has 0 bridgehead atoms. The van der Waals surface area contributed by atoms with Gasteiger partial charge in [0.1, 0.15) is 0 Å². The fourth-order valence-corrected chi connectivity index (χ4v) is 0.354. The Morgan fingerprint density at radius 3 is 2.33 bits per heavy atom. The zero-order chi connectivity index (χ0) is 4.12. The molecule has 2 heteroatoms. The van der Waals surface area contributed by atoms with Crippen molar-refractivity contribution >= 4 is 25.3 Å². The molecule has 0 amide bonds. The molecule has 0 spiro atoms. The Balaban J connectivity index is 0. The molecule has 0 radical (unpaired) electrons. The maximum Gasteiger partial charge on any atom is 0.0107 e. The fraction of sp³-hybridized carbons (Fsp3) is 0.500. The highest BCUT2D eigenvalue weighted by atomic mass is 32.2. The van der Waals surface area contributed by atoms with Crippen LogP contribution in [0.2, 0.25) is 0 Å². The van der Waals surface area contributed by atoms with Crippen molar-refractivity contribution in [3.05, 3.63) is 12.7 Å². The summed E-state index contributed by atoms with van der Waals surface area (Å²) in [4.78, 5) is 0. The van der Waals surface area contributed by atoms with E-state index in [0.717, 1.165) is 5.75 Å². The Morgan fingerprint density at radius 2 is 2.33 bits per heavy atom. The smallest absolute Gasteiger partial charge is 0.0107 e. The summed E-state index contributed by atoms with van der Waals surface area (Å²) in [6.45, 7) is 3.53. The van der Waals surface area contributed by atoms with Crippen LogP contribution in [-0.2, 0) is 0 Å². The van der Waals surface area contributed by atoms with Gasteiger partial charge in [-0.25, -0.2) is 0 Å². The summed E-state index contributed by atoms with van der Waals surface area (Å²) in [5.74, 6) is 1.07. The molecule has 0 nitrogen and oxygen atoms in total. The van der Waals surface area contributed by atoms with Crippen LogP contribution in [0.5, 0.6) is 0 Å². The van der Waals surface area contributed by atoms with Gasteiger partial charge in [0, 0.05) is 5.75 Å². The lowest BCUT2D eigenvalue weighted by Crippen LogP contribution is -1.57. The van der Waals surface area contributed by atoms with Gasteiger partial charge in [0.2, 0.25) is 0 Å². The number of hydrogen-bond donors (Lipinski definition) is 0. The van der Waals surface area contributed by atoms with Gasteiger partial charge >= 0.3 is 0 Å². The SMILES string of the molecule is C=CCSC.S. The first-order valence-corrected chi connectivity index (χ1v) is 2.91. The molecule has 0 saturated heterocycles. The summed E-state index contributed by atoms with van der Waals surface area (Å²) in [6.07, 6.45) is 3.95. The number of thioether (sulfide) groups is 1. The van der Waals surface area contributed by atoms with Gasteiger partial charge in [-0.1, -0.05) is 6.08 Å². The minimum Gasteiger partial charge on any atom is -0.197 e. The Morgan fingerprint density at radius 1 is 1.83 bits per heavy atom. The molecule has 0 atom stereocenters. The molecular weight excluding hydrogens is 112 g/mol. The predicted molar refractivity (Wildman–Crippen MR) is 39.0 cm³/mol. The third-order valence-corrected chi connectivity index (χ3v) is 0.854. The number of rotatable bonds is 2. The highest BCUT2D eigenvalue weighted by Crippen LogP contribution is 1.87. The van der Waals surface area contributed by atoms with Crippen molar-refractivity contribution in [3.8, 4) is 0 Å². The topological polar surface area (TPSA) is 0 Å².